The minimum Gasteiger partial charge on any atom is -0.486 e. The van der Waals surface area contributed by atoms with E-state index in [-0.39, 0.29) is 16.1 Å². The third kappa shape index (κ3) is 4.49. The standard InChI is InChI=1S/C23H22N2O5S/c1-15-7-9-18(13-16(15)2)31(27,28)25-20-6-4-3-5-19(20)23(26)24-17-8-10-21-22(14-17)30-12-11-29-21/h3-10,13-14,25H,11-12H2,1-2H3,(H,24,26). The lowest BCUT2D eigenvalue weighted by atomic mass is 10.1. The fourth-order valence-electron chi connectivity index (χ4n) is 3.17. The molecule has 1 aliphatic heterocycles. The monoisotopic (exact) mass is 438 g/mol. The Bertz CT molecular complexity index is 1250. The van der Waals surface area contributed by atoms with Gasteiger partial charge < -0.3 is 14.8 Å². The van der Waals surface area contributed by atoms with E-state index in [1.807, 2.05) is 13.8 Å². The second-order valence-electron chi connectivity index (χ2n) is 7.21. The number of fused-ring (bicyclic) bond motifs is 1. The van der Waals surface area contributed by atoms with Gasteiger partial charge in [-0.3, -0.25) is 9.52 Å². The lowest BCUT2D eigenvalue weighted by Gasteiger charge is -2.19. The lowest BCUT2D eigenvalue weighted by Crippen LogP contribution is -2.19. The third-order valence-electron chi connectivity index (χ3n) is 5.00. The number of hydrogen-bond acceptors (Lipinski definition) is 5. The van der Waals surface area contributed by atoms with E-state index in [4.69, 9.17) is 9.47 Å². The van der Waals surface area contributed by atoms with Gasteiger partial charge in [0, 0.05) is 11.8 Å². The summed E-state index contributed by atoms with van der Waals surface area (Å²) in [5.74, 6) is 0.716. The number of amides is 1. The highest BCUT2D eigenvalue weighted by atomic mass is 32.2. The van der Waals surface area contributed by atoms with Gasteiger partial charge in [-0.1, -0.05) is 18.2 Å². The molecule has 7 nitrogen and oxygen atoms in total. The SMILES string of the molecule is Cc1ccc(S(=O)(=O)Nc2ccccc2C(=O)Nc2ccc3c(c2)OCCO3)cc1C. The largest absolute Gasteiger partial charge is 0.486 e. The molecule has 1 aliphatic rings. The average molecular weight is 439 g/mol. The number of nitrogens with one attached hydrogen (secondary N) is 2. The fraction of sp³-hybridized carbons (Fsp3) is 0.174. The predicted octanol–water partition coefficient (Wildman–Crippen LogP) is 4.13. The summed E-state index contributed by atoms with van der Waals surface area (Å²) >= 11 is 0. The van der Waals surface area contributed by atoms with Crippen LogP contribution in [0.15, 0.2) is 65.6 Å². The molecule has 0 aromatic heterocycles. The zero-order valence-corrected chi connectivity index (χ0v) is 18.0. The molecule has 4 rings (SSSR count). The number of benzene rings is 3. The van der Waals surface area contributed by atoms with E-state index in [0.717, 1.165) is 11.1 Å². The molecule has 0 radical (unpaired) electrons. The van der Waals surface area contributed by atoms with Crippen LogP contribution >= 0.6 is 0 Å². The fourth-order valence-corrected chi connectivity index (χ4v) is 4.34. The van der Waals surface area contributed by atoms with Gasteiger partial charge >= 0.3 is 0 Å². The number of aryl methyl sites for hydroxylation is 2. The van der Waals surface area contributed by atoms with Crippen LogP contribution < -0.4 is 19.5 Å². The highest BCUT2D eigenvalue weighted by Crippen LogP contribution is 2.33. The molecule has 2 N–H and O–H groups in total. The van der Waals surface area contributed by atoms with Crippen LogP contribution in [0.2, 0.25) is 0 Å². The average Bonchev–Trinajstić information content (AvgIpc) is 2.75. The summed E-state index contributed by atoms with van der Waals surface area (Å²) in [5, 5.41) is 2.78. The molecule has 0 aliphatic carbocycles. The molecule has 1 amide bonds. The van der Waals surface area contributed by atoms with Gasteiger partial charge in [-0.25, -0.2) is 8.42 Å². The number of ether oxygens (including phenoxy) is 2. The Labute approximate surface area is 181 Å². The van der Waals surface area contributed by atoms with Gasteiger partial charge in [-0.15, -0.1) is 0 Å². The van der Waals surface area contributed by atoms with E-state index in [0.29, 0.717) is 30.4 Å². The Kier molecular flexibility index (Phi) is 5.56. The molecule has 31 heavy (non-hydrogen) atoms. The normalized spacial score (nSPS) is 12.8. The molecule has 3 aromatic carbocycles. The first-order valence-electron chi connectivity index (χ1n) is 9.73. The maximum atomic E-state index is 12.9. The molecule has 0 atom stereocenters. The molecule has 8 heteroatoms. The Hall–Kier alpha value is -3.52. The lowest BCUT2D eigenvalue weighted by molar-refractivity contribution is 0.102. The zero-order chi connectivity index (χ0) is 22.0. The predicted molar refractivity (Wildman–Crippen MR) is 119 cm³/mol. The van der Waals surface area contributed by atoms with E-state index in [9.17, 15) is 13.2 Å². The van der Waals surface area contributed by atoms with Crippen molar-refractivity contribution in [1.29, 1.82) is 0 Å². The van der Waals surface area contributed by atoms with Crippen LogP contribution in [0.3, 0.4) is 0 Å². The number of hydrogen-bond donors (Lipinski definition) is 2. The Balaban J connectivity index is 1.58. The van der Waals surface area contributed by atoms with Crippen molar-refractivity contribution >= 4 is 27.3 Å². The summed E-state index contributed by atoms with van der Waals surface area (Å²) in [7, 11) is -3.86. The van der Waals surface area contributed by atoms with Crippen molar-refractivity contribution in [3.63, 3.8) is 0 Å². The van der Waals surface area contributed by atoms with Gasteiger partial charge in [0.2, 0.25) is 0 Å². The summed E-state index contributed by atoms with van der Waals surface area (Å²) < 4.78 is 39.3. The minimum absolute atomic E-state index is 0.137. The molecule has 1 heterocycles. The molecule has 0 bridgehead atoms. The number of carbonyl (C=O) groups excluding carboxylic acids is 1. The van der Waals surface area contributed by atoms with Crippen LogP contribution in [0.4, 0.5) is 11.4 Å². The Morgan fingerprint density at radius 1 is 0.871 bits per heavy atom. The highest BCUT2D eigenvalue weighted by molar-refractivity contribution is 7.92. The van der Waals surface area contributed by atoms with Crippen molar-refractivity contribution in [1.82, 2.24) is 0 Å². The molecular weight excluding hydrogens is 416 g/mol. The van der Waals surface area contributed by atoms with Crippen LogP contribution in [-0.4, -0.2) is 27.5 Å². The molecule has 0 unspecified atom stereocenters. The number of rotatable bonds is 5. The van der Waals surface area contributed by atoms with Gasteiger partial charge in [0.1, 0.15) is 13.2 Å². The first kappa shape index (κ1) is 20.7. The molecule has 0 fully saturated rings. The summed E-state index contributed by atoms with van der Waals surface area (Å²) in [5.41, 5.74) is 2.77. The summed E-state index contributed by atoms with van der Waals surface area (Å²) in [4.78, 5) is 13.0. The van der Waals surface area contributed by atoms with Gasteiger partial charge in [0.15, 0.2) is 11.5 Å². The van der Waals surface area contributed by atoms with Crippen LogP contribution in [0.1, 0.15) is 21.5 Å². The second kappa shape index (κ2) is 8.31. The third-order valence-corrected chi connectivity index (χ3v) is 6.37. The number of anilines is 2. The van der Waals surface area contributed by atoms with Gasteiger partial charge in [0.25, 0.3) is 15.9 Å². The summed E-state index contributed by atoms with van der Waals surface area (Å²) in [6, 6.07) is 16.5. The van der Waals surface area contributed by atoms with Gasteiger partial charge in [-0.2, -0.15) is 0 Å². The van der Waals surface area contributed by atoms with E-state index in [1.165, 1.54) is 0 Å². The van der Waals surface area contributed by atoms with Gasteiger partial charge in [0.05, 0.1) is 16.1 Å². The number of para-hydroxylation sites is 1. The van der Waals surface area contributed by atoms with Crippen molar-refractivity contribution in [2.45, 2.75) is 18.7 Å². The van der Waals surface area contributed by atoms with Crippen LogP contribution in [0, 0.1) is 13.8 Å². The molecule has 0 saturated heterocycles. The molecule has 0 saturated carbocycles. The first-order chi connectivity index (χ1) is 14.8. The Morgan fingerprint density at radius 3 is 2.39 bits per heavy atom. The Morgan fingerprint density at radius 2 is 1.61 bits per heavy atom. The van der Waals surface area contributed by atoms with E-state index in [1.54, 1.807) is 60.7 Å². The maximum Gasteiger partial charge on any atom is 0.261 e. The quantitative estimate of drug-likeness (QED) is 0.625. The van der Waals surface area contributed by atoms with Crippen LogP contribution in [0.25, 0.3) is 0 Å². The van der Waals surface area contributed by atoms with E-state index < -0.39 is 15.9 Å². The topological polar surface area (TPSA) is 93.7 Å². The number of sulfonamides is 1. The summed E-state index contributed by atoms with van der Waals surface area (Å²) in [6.07, 6.45) is 0. The second-order valence-corrected chi connectivity index (χ2v) is 8.89. The van der Waals surface area contributed by atoms with Crippen molar-refractivity contribution in [2.75, 3.05) is 23.3 Å². The molecule has 160 valence electrons. The molecule has 3 aromatic rings. The van der Waals surface area contributed by atoms with Crippen molar-refractivity contribution in [3.05, 3.63) is 77.4 Å². The number of carbonyl (C=O) groups is 1. The van der Waals surface area contributed by atoms with Crippen LogP contribution in [-0.2, 0) is 10.0 Å². The van der Waals surface area contributed by atoms with Crippen molar-refractivity contribution < 1.29 is 22.7 Å². The maximum absolute atomic E-state index is 12.9. The smallest absolute Gasteiger partial charge is 0.261 e. The summed E-state index contributed by atoms with van der Waals surface area (Å²) in [6.45, 7) is 4.68. The van der Waals surface area contributed by atoms with E-state index >= 15 is 0 Å². The van der Waals surface area contributed by atoms with Crippen LogP contribution in [0.5, 0.6) is 11.5 Å². The molecule has 0 spiro atoms. The minimum atomic E-state index is -3.86. The zero-order valence-electron chi connectivity index (χ0n) is 17.1. The van der Waals surface area contributed by atoms with Crippen molar-refractivity contribution in [3.8, 4) is 11.5 Å². The van der Waals surface area contributed by atoms with E-state index in [2.05, 4.69) is 10.0 Å². The molecular formula is C23H22N2O5S. The first-order valence-corrected chi connectivity index (χ1v) is 11.2. The van der Waals surface area contributed by atoms with Crippen molar-refractivity contribution in [2.24, 2.45) is 0 Å². The van der Waals surface area contributed by atoms with Gasteiger partial charge in [-0.05, 0) is 61.4 Å². The highest BCUT2D eigenvalue weighted by Gasteiger charge is 2.20.